The van der Waals surface area contributed by atoms with E-state index in [0.717, 1.165) is 35.6 Å². The SMILES string of the molecule is CC(C)CNCc1ccnc(C2CSC(C)C(C)S2)n1. The summed E-state index contributed by atoms with van der Waals surface area (Å²) in [4.78, 5) is 9.24. The fourth-order valence-corrected chi connectivity index (χ4v) is 4.93. The molecule has 0 amide bonds. The fourth-order valence-electron chi connectivity index (χ4n) is 2.07. The molecule has 0 saturated carbocycles. The number of hydrogen-bond donors (Lipinski definition) is 1. The molecule has 1 aliphatic heterocycles. The summed E-state index contributed by atoms with van der Waals surface area (Å²) in [6.45, 7) is 10.9. The Balaban J connectivity index is 1.95. The van der Waals surface area contributed by atoms with Gasteiger partial charge >= 0.3 is 0 Å². The molecular weight excluding hydrogens is 286 g/mol. The van der Waals surface area contributed by atoms with E-state index in [4.69, 9.17) is 4.98 Å². The lowest BCUT2D eigenvalue weighted by atomic mass is 10.2. The van der Waals surface area contributed by atoms with Gasteiger partial charge in [0.15, 0.2) is 0 Å². The van der Waals surface area contributed by atoms with Gasteiger partial charge in [-0.05, 0) is 18.5 Å². The van der Waals surface area contributed by atoms with Crippen molar-refractivity contribution in [2.45, 2.75) is 50.0 Å². The van der Waals surface area contributed by atoms with Gasteiger partial charge in [0.1, 0.15) is 5.82 Å². The first-order valence-corrected chi connectivity index (χ1v) is 9.35. The molecule has 3 atom stereocenters. The Morgan fingerprint density at radius 1 is 1.35 bits per heavy atom. The summed E-state index contributed by atoms with van der Waals surface area (Å²) in [6, 6.07) is 2.02. The molecule has 1 aliphatic rings. The Bertz CT molecular complexity index is 425. The molecule has 1 aromatic heterocycles. The van der Waals surface area contributed by atoms with E-state index in [-0.39, 0.29) is 0 Å². The molecule has 1 aromatic rings. The highest BCUT2D eigenvalue weighted by Crippen LogP contribution is 2.43. The molecule has 112 valence electrons. The number of hydrogen-bond acceptors (Lipinski definition) is 5. The van der Waals surface area contributed by atoms with Crippen LogP contribution in [0.25, 0.3) is 0 Å². The summed E-state index contributed by atoms with van der Waals surface area (Å²) in [5.41, 5.74) is 1.10. The van der Waals surface area contributed by atoms with Gasteiger partial charge in [0.25, 0.3) is 0 Å². The molecule has 1 saturated heterocycles. The molecule has 0 bridgehead atoms. The first-order chi connectivity index (χ1) is 9.56. The van der Waals surface area contributed by atoms with E-state index in [1.165, 1.54) is 0 Å². The van der Waals surface area contributed by atoms with Crippen LogP contribution in [0.3, 0.4) is 0 Å². The normalized spacial score (nSPS) is 26.9. The number of nitrogens with one attached hydrogen (secondary N) is 1. The van der Waals surface area contributed by atoms with Crippen molar-refractivity contribution in [1.82, 2.24) is 15.3 Å². The molecule has 5 heteroatoms. The Labute approximate surface area is 131 Å². The summed E-state index contributed by atoms with van der Waals surface area (Å²) in [5, 5.41) is 5.29. The van der Waals surface area contributed by atoms with Crippen molar-refractivity contribution in [3.05, 3.63) is 23.8 Å². The zero-order valence-electron chi connectivity index (χ0n) is 12.8. The number of thioether (sulfide) groups is 2. The highest BCUT2D eigenvalue weighted by Gasteiger charge is 2.28. The van der Waals surface area contributed by atoms with Crippen molar-refractivity contribution in [2.75, 3.05) is 12.3 Å². The van der Waals surface area contributed by atoms with Crippen LogP contribution in [0.5, 0.6) is 0 Å². The van der Waals surface area contributed by atoms with Gasteiger partial charge in [-0.2, -0.15) is 11.8 Å². The largest absolute Gasteiger partial charge is 0.311 e. The van der Waals surface area contributed by atoms with Gasteiger partial charge in [-0.25, -0.2) is 9.97 Å². The molecule has 0 radical (unpaired) electrons. The predicted molar refractivity (Wildman–Crippen MR) is 90.3 cm³/mol. The van der Waals surface area contributed by atoms with Crippen molar-refractivity contribution < 1.29 is 0 Å². The quantitative estimate of drug-likeness (QED) is 0.900. The second-order valence-electron chi connectivity index (χ2n) is 5.80. The summed E-state index contributed by atoms with van der Waals surface area (Å²) in [7, 11) is 0. The van der Waals surface area contributed by atoms with Crippen molar-refractivity contribution in [1.29, 1.82) is 0 Å². The van der Waals surface area contributed by atoms with E-state index >= 15 is 0 Å². The van der Waals surface area contributed by atoms with Crippen LogP contribution >= 0.6 is 23.5 Å². The molecule has 2 rings (SSSR count). The van der Waals surface area contributed by atoms with Crippen molar-refractivity contribution in [3.8, 4) is 0 Å². The monoisotopic (exact) mass is 311 g/mol. The molecule has 0 aromatic carbocycles. The highest BCUT2D eigenvalue weighted by atomic mass is 32.2. The van der Waals surface area contributed by atoms with Gasteiger partial charge in [-0.1, -0.05) is 27.7 Å². The molecule has 2 heterocycles. The molecule has 0 aliphatic carbocycles. The molecule has 1 fully saturated rings. The predicted octanol–water partition coefficient (Wildman–Crippen LogP) is 3.52. The molecule has 20 heavy (non-hydrogen) atoms. The summed E-state index contributed by atoms with van der Waals surface area (Å²) in [6.07, 6.45) is 1.91. The van der Waals surface area contributed by atoms with E-state index in [2.05, 4.69) is 38.0 Å². The van der Waals surface area contributed by atoms with Crippen molar-refractivity contribution in [3.63, 3.8) is 0 Å². The van der Waals surface area contributed by atoms with E-state index in [0.29, 0.717) is 16.4 Å². The lowest BCUT2D eigenvalue weighted by Crippen LogP contribution is -2.24. The fraction of sp³-hybridized carbons (Fsp3) is 0.733. The summed E-state index contributed by atoms with van der Waals surface area (Å²) in [5.74, 6) is 2.80. The summed E-state index contributed by atoms with van der Waals surface area (Å²) >= 11 is 4.06. The molecular formula is C15H25N3S2. The van der Waals surface area contributed by atoms with E-state index in [1.54, 1.807) is 0 Å². The zero-order chi connectivity index (χ0) is 14.5. The molecule has 3 nitrogen and oxygen atoms in total. The Hall–Kier alpha value is -0.260. The highest BCUT2D eigenvalue weighted by molar-refractivity contribution is 8.07. The van der Waals surface area contributed by atoms with Crippen LogP contribution in [0.4, 0.5) is 0 Å². The lowest BCUT2D eigenvalue weighted by Gasteiger charge is -2.30. The maximum absolute atomic E-state index is 4.74. The Morgan fingerprint density at radius 2 is 2.15 bits per heavy atom. The van der Waals surface area contributed by atoms with E-state index < -0.39 is 0 Å². The van der Waals surface area contributed by atoms with Gasteiger partial charge in [0.05, 0.1) is 10.9 Å². The van der Waals surface area contributed by atoms with Gasteiger partial charge < -0.3 is 5.32 Å². The van der Waals surface area contributed by atoms with Crippen LogP contribution in [0.15, 0.2) is 12.3 Å². The van der Waals surface area contributed by atoms with Crippen LogP contribution in [-0.2, 0) is 6.54 Å². The van der Waals surface area contributed by atoms with Crippen LogP contribution < -0.4 is 5.32 Å². The van der Waals surface area contributed by atoms with Crippen LogP contribution in [0, 0.1) is 5.92 Å². The molecule has 1 N–H and O–H groups in total. The van der Waals surface area contributed by atoms with Crippen LogP contribution in [0.1, 0.15) is 44.5 Å². The first kappa shape index (κ1) is 16.1. The molecule has 0 spiro atoms. The second-order valence-corrected chi connectivity index (χ2v) is 8.79. The van der Waals surface area contributed by atoms with E-state index in [1.807, 2.05) is 35.8 Å². The lowest BCUT2D eigenvalue weighted by molar-refractivity contribution is 0.547. The summed E-state index contributed by atoms with van der Waals surface area (Å²) < 4.78 is 0. The van der Waals surface area contributed by atoms with Crippen LogP contribution in [-0.4, -0.2) is 32.8 Å². The Kier molecular flexibility index (Phi) is 6.18. The first-order valence-electron chi connectivity index (χ1n) is 7.36. The third-order valence-electron chi connectivity index (χ3n) is 3.43. The third kappa shape index (κ3) is 4.64. The topological polar surface area (TPSA) is 37.8 Å². The standard InChI is InChI=1S/C15H25N3S2/c1-10(2)7-16-8-13-5-6-17-15(18-13)14-9-19-11(3)12(4)20-14/h5-6,10-12,14,16H,7-9H2,1-4H3. The smallest absolute Gasteiger partial charge is 0.142 e. The number of nitrogens with zero attached hydrogens (tertiary/aromatic N) is 2. The third-order valence-corrected chi connectivity index (χ3v) is 6.82. The number of aromatic nitrogens is 2. The average Bonchev–Trinajstić information content (AvgIpc) is 2.42. The minimum atomic E-state index is 0.441. The minimum Gasteiger partial charge on any atom is -0.311 e. The maximum Gasteiger partial charge on any atom is 0.142 e. The molecule has 3 unspecified atom stereocenters. The van der Waals surface area contributed by atoms with Crippen molar-refractivity contribution >= 4 is 23.5 Å². The van der Waals surface area contributed by atoms with Gasteiger partial charge in [-0.3, -0.25) is 0 Å². The van der Waals surface area contributed by atoms with Gasteiger partial charge in [0, 0.05) is 29.0 Å². The van der Waals surface area contributed by atoms with Crippen LogP contribution in [0.2, 0.25) is 0 Å². The minimum absolute atomic E-state index is 0.441. The van der Waals surface area contributed by atoms with Gasteiger partial charge in [-0.15, -0.1) is 11.8 Å². The average molecular weight is 312 g/mol. The van der Waals surface area contributed by atoms with Gasteiger partial charge in [0.2, 0.25) is 0 Å². The van der Waals surface area contributed by atoms with Crippen molar-refractivity contribution in [2.24, 2.45) is 5.92 Å². The maximum atomic E-state index is 4.74. The second kappa shape index (κ2) is 7.66. The Morgan fingerprint density at radius 3 is 2.85 bits per heavy atom. The number of rotatable bonds is 5. The zero-order valence-corrected chi connectivity index (χ0v) is 14.4. The van der Waals surface area contributed by atoms with E-state index in [9.17, 15) is 0 Å².